The third-order valence-corrected chi connectivity index (χ3v) is 5.08. The molecule has 2 aromatic heterocycles. The van der Waals surface area contributed by atoms with Crippen LogP contribution in [0.2, 0.25) is 0 Å². The van der Waals surface area contributed by atoms with Crippen molar-refractivity contribution in [3.63, 3.8) is 0 Å². The molecule has 3 heterocycles. The molecule has 0 spiro atoms. The number of rotatable bonds is 4. The van der Waals surface area contributed by atoms with Gasteiger partial charge in [-0.1, -0.05) is 11.8 Å². The van der Waals surface area contributed by atoms with Crippen LogP contribution in [-0.4, -0.2) is 39.7 Å². The number of imidazole rings is 1. The van der Waals surface area contributed by atoms with Crippen molar-refractivity contribution >= 4 is 22.8 Å². The summed E-state index contributed by atoms with van der Waals surface area (Å²) in [4.78, 5) is 13.8. The van der Waals surface area contributed by atoms with Gasteiger partial charge in [0.1, 0.15) is 17.4 Å². The first-order valence-electron chi connectivity index (χ1n) is 8.61. The zero-order chi connectivity index (χ0) is 19.1. The second kappa shape index (κ2) is 6.72. The fourth-order valence-electron chi connectivity index (χ4n) is 3.20. The van der Waals surface area contributed by atoms with Crippen LogP contribution in [-0.2, 0) is 0 Å². The van der Waals surface area contributed by atoms with Crippen LogP contribution in [0.15, 0.2) is 53.8 Å². The highest BCUT2D eigenvalue weighted by atomic mass is 32.2. The quantitative estimate of drug-likeness (QED) is 0.385. The number of fused-ring (bicyclic) bond motifs is 2. The van der Waals surface area contributed by atoms with Gasteiger partial charge in [0.05, 0.1) is 18.1 Å². The van der Waals surface area contributed by atoms with Crippen LogP contribution >= 0.6 is 11.8 Å². The molecule has 0 radical (unpaired) electrons. The number of hydrogen-bond acceptors (Lipinski definition) is 7. The molecule has 140 valence electrons. The molecular formula is C20H16N4O3S. The highest BCUT2D eigenvalue weighted by Gasteiger charge is 2.20. The normalized spacial score (nSPS) is 12.5. The molecule has 8 heteroatoms. The molecule has 2 aromatic carbocycles. The first kappa shape index (κ1) is 16.9. The number of aromatic nitrogens is 4. The van der Waals surface area contributed by atoms with Crippen molar-refractivity contribution in [3.05, 3.63) is 48.7 Å². The first-order valence-corrected chi connectivity index (χ1v) is 9.83. The molecule has 5 rings (SSSR count). The molecule has 28 heavy (non-hydrogen) atoms. The molecule has 0 saturated carbocycles. The van der Waals surface area contributed by atoms with Crippen LogP contribution in [0.5, 0.6) is 17.2 Å². The van der Waals surface area contributed by atoms with E-state index in [1.807, 2.05) is 53.3 Å². The van der Waals surface area contributed by atoms with Gasteiger partial charge in [-0.25, -0.2) is 15.0 Å². The molecular weight excluding hydrogens is 376 g/mol. The topological polar surface area (TPSA) is 71.3 Å². The summed E-state index contributed by atoms with van der Waals surface area (Å²) in [7, 11) is 1.64. The maximum Gasteiger partial charge on any atom is 0.231 e. The first-order chi connectivity index (χ1) is 13.8. The highest BCUT2D eigenvalue weighted by molar-refractivity contribution is 7.98. The minimum absolute atomic E-state index is 0.232. The van der Waals surface area contributed by atoms with Crippen molar-refractivity contribution in [1.82, 2.24) is 19.5 Å². The zero-order valence-corrected chi connectivity index (χ0v) is 16.1. The Morgan fingerprint density at radius 2 is 1.93 bits per heavy atom. The van der Waals surface area contributed by atoms with Gasteiger partial charge in [0.15, 0.2) is 16.7 Å². The van der Waals surface area contributed by atoms with Crippen molar-refractivity contribution in [3.8, 4) is 34.5 Å². The summed E-state index contributed by atoms with van der Waals surface area (Å²) in [5.41, 5.74) is 2.65. The average Bonchev–Trinajstić information content (AvgIpc) is 3.36. The molecule has 0 unspecified atom stereocenters. The number of nitrogens with zero attached hydrogens (tertiary/aromatic N) is 4. The molecule has 1 aliphatic heterocycles. The van der Waals surface area contributed by atoms with Crippen molar-refractivity contribution < 1.29 is 14.2 Å². The maximum absolute atomic E-state index is 5.55. The Hall–Kier alpha value is -3.26. The summed E-state index contributed by atoms with van der Waals surface area (Å²) in [6.45, 7) is 0.232. The molecule has 0 amide bonds. The lowest BCUT2D eigenvalue weighted by Crippen LogP contribution is -2.02. The van der Waals surface area contributed by atoms with E-state index in [1.54, 1.807) is 13.3 Å². The predicted molar refractivity (Wildman–Crippen MR) is 107 cm³/mol. The summed E-state index contributed by atoms with van der Waals surface area (Å²) in [6, 6.07) is 13.5. The van der Waals surface area contributed by atoms with Crippen LogP contribution in [0.25, 0.3) is 28.2 Å². The lowest BCUT2D eigenvalue weighted by atomic mass is 10.2. The van der Waals surface area contributed by atoms with E-state index >= 15 is 0 Å². The van der Waals surface area contributed by atoms with Crippen LogP contribution in [0.1, 0.15) is 0 Å². The van der Waals surface area contributed by atoms with E-state index in [4.69, 9.17) is 19.2 Å². The predicted octanol–water partition coefficient (Wildman–Crippen LogP) is 3.94. The summed E-state index contributed by atoms with van der Waals surface area (Å²) >= 11 is 1.50. The fourth-order valence-corrected chi connectivity index (χ4v) is 3.55. The summed E-state index contributed by atoms with van der Waals surface area (Å²) in [5, 5.41) is 0.699. The van der Waals surface area contributed by atoms with Crippen molar-refractivity contribution in [1.29, 1.82) is 0 Å². The number of benzene rings is 2. The average molecular weight is 392 g/mol. The molecule has 1 aliphatic rings. The lowest BCUT2D eigenvalue weighted by molar-refractivity contribution is 0.174. The minimum atomic E-state index is 0.232. The van der Waals surface area contributed by atoms with Gasteiger partial charge in [0, 0.05) is 17.8 Å². The Morgan fingerprint density at radius 1 is 1.04 bits per heavy atom. The smallest absolute Gasteiger partial charge is 0.231 e. The molecule has 0 aliphatic carbocycles. The standard InChI is InChI=1S/C20H16N4O3S/c1-25-13-4-5-15-14(10-13)22-19(12-3-6-16-17(9-12)27-11-26-16)24(15)18-7-8-21-20(23-18)28-2/h3-10H,11H2,1-2H3. The van der Waals surface area contributed by atoms with Crippen LogP contribution < -0.4 is 14.2 Å². The Labute approximate surface area is 165 Å². The van der Waals surface area contributed by atoms with E-state index in [2.05, 4.69) is 9.97 Å². The van der Waals surface area contributed by atoms with Gasteiger partial charge in [-0.3, -0.25) is 4.57 Å². The van der Waals surface area contributed by atoms with Crippen molar-refractivity contribution in [2.45, 2.75) is 5.16 Å². The summed E-state index contributed by atoms with van der Waals surface area (Å²) < 4.78 is 18.4. The Balaban J connectivity index is 1.77. The summed E-state index contributed by atoms with van der Waals surface area (Å²) in [6.07, 6.45) is 3.71. The molecule has 0 atom stereocenters. The van der Waals surface area contributed by atoms with Gasteiger partial charge in [-0.05, 0) is 42.7 Å². The van der Waals surface area contributed by atoms with Crippen LogP contribution in [0.4, 0.5) is 0 Å². The second-order valence-corrected chi connectivity index (χ2v) is 6.87. The maximum atomic E-state index is 5.55. The largest absolute Gasteiger partial charge is 0.497 e. The highest BCUT2D eigenvalue weighted by Crippen LogP contribution is 2.37. The molecule has 0 N–H and O–H groups in total. The van der Waals surface area contributed by atoms with E-state index in [0.717, 1.165) is 39.7 Å². The molecule has 7 nitrogen and oxygen atoms in total. The van der Waals surface area contributed by atoms with Gasteiger partial charge in [-0.15, -0.1) is 0 Å². The number of thioether (sulfide) groups is 1. The second-order valence-electron chi connectivity index (χ2n) is 6.10. The molecule has 0 fully saturated rings. The Morgan fingerprint density at radius 3 is 2.79 bits per heavy atom. The van der Waals surface area contributed by atoms with Crippen LogP contribution in [0.3, 0.4) is 0 Å². The van der Waals surface area contributed by atoms with E-state index in [9.17, 15) is 0 Å². The van der Waals surface area contributed by atoms with E-state index in [-0.39, 0.29) is 6.79 Å². The number of methoxy groups -OCH3 is 1. The van der Waals surface area contributed by atoms with Crippen molar-refractivity contribution in [2.24, 2.45) is 0 Å². The van der Waals surface area contributed by atoms with Crippen LogP contribution in [0, 0.1) is 0 Å². The Kier molecular flexibility index (Phi) is 4.05. The lowest BCUT2D eigenvalue weighted by Gasteiger charge is -2.10. The van der Waals surface area contributed by atoms with Crippen molar-refractivity contribution in [2.75, 3.05) is 20.2 Å². The van der Waals surface area contributed by atoms with Gasteiger partial charge in [0.25, 0.3) is 0 Å². The fraction of sp³-hybridized carbons (Fsp3) is 0.150. The van der Waals surface area contributed by atoms with Gasteiger partial charge in [-0.2, -0.15) is 0 Å². The zero-order valence-electron chi connectivity index (χ0n) is 15.2. The molecule has 0 bridgehead atoms. The Bertz CT molecular complexity index is 1190. The SMILES string of the molecule is COc1ccc2c(c1)nc(-c1ccc3c(c1)OCO3)n2-c1ccnc(SC)n1. The number of ether oxygens (including phenoxy) is 3. The number of hydrogen-bond donors (Lipinski definition) is 0. The van der Waals surface area contributed by atoms with Gasteiger partial charge >= 0.3 is 0 Å². The van der Waals surface area contributed by atoms with E-state index < -0.39 is 0 Å². The minimum Gasteiger partial charge on any atom is -0.497 e. The molecule has 4 aromatic rings. The summed E-state index contributed by atoms with van der Waals surface area (Å²) in [5.74, 6) is 3.70. The third-order valence-electron chi connectivity index (χ3n) is 4.52. The monoisotopic (exact) mass is 392 g/mol. The third kappa shape index (κ3) is 2.73. The van der Waals surface area contributed by atoms with E-state index in [0.29, 0.717) is 10.9 Å². The molecule has 0 saturated heterocycles. The van der Waals surface area contributed by atoms with Gasteiger partial charge in [0.2, 0.25) is 6.79 Å². The van der Waals surface area contributed by atoms with E-state index in [1.165, 1.54) is 11.8 Å². The van der Waals surface area contributed by atoms with Gasteiger partial charge < -0.3 is 14.2 Å².